The Balaban J connectivity index is 1.66. The third-order valence-corrected chi connectivity index (χ3v) is 8.82. The van der Waals surface area contributed by atoms with Crippen LogP contribution in [-0.4, -0.2) is 55.8 Å². The van der Waals surface area contributed by atoms with Crippen molar-refractivity contribution in [3.05, 3.63) is 72.6 Å². The van der Waals surface area contributed by atoms with Gasteiger partial charge in [-0.15, -0.1) is 0 Å². The molecule has 4 heterocycles. The van der Waals surface area contributed by atoms with E-state index < -0.39 is 6.04 Å². The van der Waals surface area contributed by atoms with Gasteiger partial charge >= 0.3 is 0 Å². The van der Waals surface area contributed by atoms with Crippen molar-refractivity contribution in [1.82, 2.24) is 9.47 Å². The van der Waals surface area contributed by atoms with Crippen molar-refractivity contribution in [2.45, 2.75) is 52.5 Å². The standard InChI is InChI=1S/C31H38N4O5S/c1-6-33(7-2)30(37)27-20(3)32-31-35(28(27)23-18-21(38-4)12-14-24(23)39-5)29(36)25(41-31)19-22-13-15-26(40-22)34-16-10-8-9-11-17-34/h12-15,18-19,28H,6-11,16-17H2,1-5H3/b25-19+/t28-/m1/s1. The molecule has 41 heavy (non-hydrogen) atoms. The van der Waals surface area contributed by atoms with Gasteiger partial charge in [-0.3, -0.25) is 14.2 Å². The van der Waals surface area contributed by atoms with Crippen LogP contribution in [0.15, 0.2) is 55.8 Å². The maximum absolute atomic E-state index is 14.1. The summed E-state index contributed by atoms with van der Waals surface area (Å²) in [6.07, 6.45) is 6.55. The number of amides is 1. The maximum atomic E-state index is 14.1. The van der Waals surface area contributed by atoms with Gasteiger partial charge in [-0.1, -0.05) is 24.2 Å². The van der Waals surface area contributed by atoms with Gasteiger partial charge in [0.1, 0.15) is 23.3 Å². The van der Waals surface area contributed by atoms with E-state index in [1.165, 1.54) is 24.2 Å². The van der Waals surface area contributed by atoms with Gasteiger partial charge in [-0.05, 0) is 57.9 Å². The second kappa shape index (κ2) is 12.4. The molecule has 2 aliphatic heterocycles. The van der Waals surface area contributed by atoms with E-state index in [0.717, 1.165) is 31.8 Å². The fourth-order valence-corrected chi connectivity index (χ4v) is 6.66. The number of nitrogens with zero attached hydrogens (tertiary/aromatic N) is 4. The topological polar surface area (TPSA) is 89.5 Å². The van der Waals surface area contributed by atoms with Gasteiger partial charge in [0.2, 0.25) is 0 Å². The number of likely N-dealkylation sites (N-methyl/N-ethyl adjacent to an activating group) is 1. The third-order valence-electron chi connectivity index (χ3n) is 7.84. The van der Waals surface area contributed by atoms with Crippen LogP contribution in [0.2, 0.25) is 0 Å². The number of fused-ring (bicyclic) bond motifs is 1. The zero-order chi connectivity index (χ0) is 29.1. The summed E-state index contributed by atoms with van der Waals surface area (Å²) in [5.41, 5.74) is 1.44. The molecule has 10 heteroatoms. The summed E-state index contributed by atoms with van der Waals surface area (Å²) >= 11 is 1.29. The number of anilines is 1. The molecular formula is C31H38N4O5S. The molecule has 3 aromatic rings. The van der Waals surface area contributed by atoms with E-state index in [2.05, 4.69) is 4.90 Å². The maximum Gasteiger partial charge on any atom is 0.271 e. The molecule has 2 aromatic heterocycles. The number of rotatable bonds is 8. The van der Waals surface area contributed by atoms with Crippen LogP contribution < -0.4 is 29.3 Å². The number of hydrogen-bond acceptors (Lipinski definition) is 8. The quantitative estimate of drug-likeness (QED) is 0.400. The molecular weight excluding hydrogens is 540 g/mol. The first kappa shape index (κ1) is 28.7. The molecule has 0 spiro atoms. The largest absolute Gasteiger partial charge is 0.497 e. The van der Waals surface area contributed by atoms with Gasteiger partial charge in [-0.2, -0.15) is 0 Å². The van der Waals surface area contributed by atoms with Crippen LogP contribution in [0.25, 0.3) is 6.08 Å². The predicted molar refractivity (Wildman–Crippen MR) is 161 cm³/mol. The SMILES string of the molecule is CCN(CC)C(=O)C1=C(C)N=c2s/c(=C/c3ccc(N4CCCCCC4)o3)c(=O)n2[C@@H]1c1cc(OC)ccc1OC. The highest BCUT2D eigenvalue weighted by atomic mass is 32.1. The van der Waals surface area contributed by atoms with E-state index in [1.807, 2.05) is 39.0 Å². The first-order chi connectivity index (χ1) is 19.9. The molecule has 0 radical (unpaired) electrons. The molecule has 9 nitrogen and oxygen atoms in total. The molecule has 218 valence electrons. The molecule has 0 unspecified atom stereocenters. The summed E-state index contributed by atoms with van der Waals surface area (Å²) in [6.45, 7) is 8.73. The molecule has 0 bridgehead atoms. The van der Waals surface area contributed by atoms with Crippen LogP contribution in [0.1, 0.15) is 63.8 Å². The average Bonchev–Trinajstić information content (AvgIpc) is 3.45. The molecule has 1 saturated heterocycles. The van der Waals surface area contributed by atoms with Crippen molar-refractivity contribution in [2.24, 2.45) is 4.99 Å². The number of ether oxygens (including phenoxy) is 2. The van der Waals surface area contributed by atoms with E-state index in [1.54, 1.807) is 41.9 Å². The zero-order valence-electron chi connectivity index (χ0n) is 24.4. The Labute approximate surface area is 244 Å². The number of hydrogen-bond donors (Lipinski definition) is 0. The lowest BCUT2D eigenvalue weighted by atomic mass is 9.93. The molecule has 5 rings (SSSR count). The Hall–Kier alpha value is -3.79. The molecule has 1 amide bonds. The lowest BCUT2D eigenvalue weighted by molar-refractivity contribution is -0.127. The van der Waals surface area contributed by atoms with Gasteiger partial charge in [-0.25, -0.2) is 4.99 Å². The fraction of sp³-hybridized carbons (Fsp3) is 0.452. The minimum absolute atomic E-state index is 0.159. The van der Waals surface area contributed by atoms with Crippen LogP contribution >= 0.6 is 11.3 Å². The van der Waals surface area contributed by atoms with E-state index in [4.69, 9.17) is 18.9 Å². The number of aromatic nitrogens is 1. The van der Waals surface area contributed by atoms with E-state index in [-0.39, 0.29) is 11.5 Å². The first-order valence-electron chi connectivity index (χ1n) is 14.3. The Morgan fingerprint density at radius 1 is 1.10 bits per heavy atom. The summed E-state index contributed by atoms with van der Waals surface area (Å²) < 4.78 is 19.5. The highest BCUT2D eigenvalue weighted by Gasteiger charge is 2.36. The van der Waals surface area contributed by atoms with Crippen molar-refractivity contribution >= 4 is 29.2 Å². The number of thiazole rings is 1. The molecule has 0 aliphatic carbocycles. The Morgan fingerprint density at radius 3 is 2.49 bits per heavy atom. The Kier molecular flexibility index (Phi) is 8.68. The smallest absolute Gasteiger partial charge is 0.271 e. The van der Waals surface area contributed by atoms with Gasteiger partial charge in [0.15, 0.2) is 10.7 Å². The van der Waals surface area contributed by atoms with Crippen LogP contribution in [0, 0.1) is 0 Å². The van der Waals surface area contributed by atoms with Crippen LogP contribution in [-0.2, 0) is 4.79 Å². The number of allylic oxidation sites excluding steroid dienone is 1. The molecule has 0 N–H and O–H groups in total. The monoisotopic (exact) mass is 578 g/mol. The highest BCUT2D eigenvalue weighted by molar-refractivity contribution is 7.07. The third kappa shape index (κ3) is 5.57. The summed E-state index contributed by atoms with van der Waals surface area (Å²) in [5, 5.41) is 0. The van der Waals surface area contributed by atoms with Crippen LogP contribution in [0.4, 0.5) is 5.88 Å². The van der Waals surface area contributed by atoms with Crippen molar-refractivity contribution in [1.29, 1.82) is 0 Å². The van der Waals surface area contributed by atoms with E-state index in [0.29, 0.717) is 56.5 Å². The van der Waals surface area contributed by atoms with Gasteiger partial charge in [0.05, 0.1) is 30.0 Å². The number of benzene rings is 1. The molecule has 0 saturated carbocycles. The number of methoxy groups -OCH3 is 2. The average molecular weight is 579 g/mol. The highest BCUT2D eigenvalue weighted by Crippen LogP contribution is 2.38. The summed E-state index contributed by atoms with van der Waals surface area (Å²) in [5.74, 6) is 2.43. The number of carbonyl (C=O) groups is 1. The zero-order valence-corrected chi connectivity index (χ0v) is 25.3. The van der Waals surface area contributed by atoms with Gasteiger partial charge < -0.3 is 23.7 Å². The van der Waals surface area contributed by atoms with E-state index >= 15 is 0 Å². The second-order valence-electron chi connectivity index (χ2n) is 10.2. The normalized spacial score (nSPS) is 17.6. The van der Waals surface area contributed by atoms with Crippen molar-refractivity contribution < 1.29 is 18.7 Å². The minimum Gasteiger partial charge on any atom is -0.497 e. The minimum atomic E-state index is -0.740. The number of carbonyl (C=O) groups excluding carboxylic acids is 1. The van der Waals surface area contributed by atoms with Crippen molar-refractivity contribution in [2.75, 3.05) is 45.3 Å². The lowest BCUT2D eigenvalue weighted by Gasteiger charge is -2.30. The van der Waals surface area contributed by atoms with Crippen molar-refractivity contribution in [3.63, 3.8) is 0 Å². The van der Waals surface area contributed by atoms with Gasteiger partial charge in [0, 0.05) is 43.9 Å². The van der Waals surface area contributed by atoms with Gasteiger partial charge in [0.25, 0.3) is 11.5 Å². The first-order valence-corrected chi connectivity index (χ1v) is 15.1. The predicted octanol–water partition coefficient (Wildman–Crippen LogP) is 4.09. The van der Waals surface area contributed by atoms with Crippen LogP contribution in [0.3, 0.4) is 0 Å². The summed E-state index contributed by atoms with van der Waals surface area (Å²) in [4.78, 5) is 37.3. The van der Waals surface area contributed by atoms with E-state index in [9.17, 15) is 9.59 Å². The fourth-order valence-electron chi connectivity index (χ4n) is 5.63. The number of furan rings is 1. The molecule has 2 aliphatic rings. The Bertz CT molecular complexity index is 1620. The van der Waals surface area contributed by atoms with Crippen molar-refractivity contribution in [3.8, 4) is 11.5 Å². The Morgan fingerprint density at radius 2 is 1.83 bits per heavy atom. The second-order valence-corrected chi connectivity index (χ2v) is 11.3. The summed E-state index contributed by atoms with van der Waals surface area (Å²) in [7, 11) is 3.17. The summed E-state index contributed by atoms with van der Waals surface area (Å²) in [6, 6.07) is 8.56. The molecule has 1 aromatic carbocycles. The molecule has 1 atom stereocenters. The molecule has 1 fully saturated rings. The lowest BCUT2D eigenvalue weighted by Crippen LogP contribution is -2.43. The van der Waals surface area contributed by atoms with Crippen LogP contribution in [0.5, 0.6) is 11.5 Å².